The zero-order valence-corrected chi connectivity index (χ0v) is 21.4. The Kier molecular flexibility index (Phi) is 7.93. The smallest absolute Gasteiger partial charge is 0.251 e. The Labute approximate surface area is 217 Å². The molecule has 4 rings (SSSR count). The summed E-state index contributed by atoms with van der Waals surface area (Å²) in [7, 11) is 1.88. The van der Waals surface area contributed by atoms with Crippen LogP contribution in [0, 0.1) is 6.92 Å². The number of carbonyl (C=O) groups excluding carboxylic acids is 2. The Hall–Kier alpha value is -4.11. The van der Waals surface area contributed by atoms with Gasteiger partial charge in [0.05, 0.1) is 17.6 Å². The summed E-state index contributed by atoms with van der Waals surface area (Å²) in [6.45, 7) is 5.59. The van der Waals surface area contributed by atoms with Gasteiger partial charge in [0.15, 0.2) is 0 Å². The van der Waals surface area contributed by atoms with Crippen LogP contribution in [0.1, 0.15) is 54.5 Å². The van der Waals surface area contributed by atoms with Crippen LogP contribution in [0.4, 0.5) is 0 Å². The van der Waals surface area contributed by atoms with Crippen molar-refractivity contribution in [1.82, 2.24) is 24.8 Å². The third kappa shape index (κ3) is 5.83. The highest BCUT2D eigenvalue weighted by Gasteiger charge is 2.25. The second-order valence-electron chi connectivity index (χ2n) is 9.25. The molecule has 1 amide bonds. The summed E-state index contributed by atoms with van der Waals surface area (Å²) >= 11 is 0. The van der Waals surface area contributed by atoms with E-state index in [1.54, 1.807) is 37.2 Å². The number of nitrogens with two attached hydrogens (primary N) is 1. The number of ketones is 1. The fourth-order valence-corrected chi connectivity index (χ4v) is 4.41. The highest BCUT2D eigenvalue weighted by atomic mass is 16.2. The first-order valence-corrected chi connectivity index (χ1v) is 12.4. The normalized spacial score (nSPS) is 14.6. The van der Waals surface area contributed by atoms with Crippen molar-refractivity contribution in [3.05, 3.63) is 87.7 Å². The molecule has 0 saturated carbocycles. The lowest BCUT2D eigenvalue weighted by atomic mass is 10.1. The third-order valence-electron chi connectivity index (χ3n) is 6.57. The molecule has 1 aliphatic rings. The molecule has 0 aliphatic carbocycles. The molecule has 37 heavy (non-hydrogen) atoms. The second-order valence-corrected chi connectivity index (χ2v) is 9.25. The highest BCUT2D eigenvalue weighted by Crippen LogP contribution is 2.21. The van der Waals surface area contributed by atoms with Crippen molar-refractivity contribution in [2.75, 3.05) is 20.1 Å². The highest BCUT2D eigenvalue weighted by molar-refractivity contribution is 6.07. The monoisotopic (exact) mass is 502 g/mol. The number of aryl methyl sites for hydroxylation is 1. The second kappa shape index (κ2) is 11.3. The predicted molar refractivity (Wildman–Crippen MR) is 145 cm³/mol. The van der Waals surface area contributed by atoms with E-state index in [0.717, 1.165) is 30.5 Å². The number of nitrogens with zero attached hydrogens (tertiary/aromatic N) is 4. The van der Waals surface area contributed by atoms with Crippen LogP contribution in [-0.4, -0.2) is 51.3 Å². The van der Waals surface area contributed by atoms with E-state index in [0.29, 0.717) is 35.7 Å². The van der Waals surface area contributed by atoms with Crippen LogP contribution in [0.2, 0.25) is 0 Å². The van der Waals surface area contributed by atoms with Gasteiger partial charge in [0.25, 0.3) is 5.56 Å². The summed E-state index contributed by atoms with van der Waals surface area (Å²) in [5.74, 6) is -0.447. The fourth-order valence-electron chi connectivity index (χ4n) is 4.41. The SMILES string of the molecule is CNCc1ccc(C(N)=CC(=O)c2nc(-c3ccc(=O)n(C(C)C(=O)N4CCCC4)c3)cnc2C)cc1.[HH]. The molecule has 1 saturated heterocycles. The summed E-state index contributed by atoms with van der Waals surface area (Å²) in [6, 6.07) is 10.0. The largest absolute Gasteiger partial charge is 0.398 e. The fraction of sp³-hybridized carbons (Fsp3) is 0.321. The number of likely N-dealkylation sites (tertiary alicyclic amines) is 1. The van der Waals surface area contributed by atoms with Gasteiger partial charge in [0, 0.05) is 50.7 Å². The van der Waals surface area contributed by atoms with Gasteiger partial charge >= 0.3 is 0 Å². The first-order valence-electron chi connectivity index (χ1n) is 12.4. The van der Waals surface area contributed by atoms with Crippen LogP contribution in [0.3, 0.4) is 0 Å². The minimum Gasteiger partial charge on any atom is -0.398 e. The molecule has 3 aromatic rings. The van der Waals surface area contributed by atoms with Crippen molar-refractivity contribution >= 4 is 17.4 Å². The quantitative estimate of drug-likeness (QED) is 0.359. The molecule has 0 bridgehead atoms. The van der Waals surface area contributed by atoms with Gasteiger partial charge in [-0.2, -0.15) is 0 Å². The number of rotatable bonds is 8. The van der Waals surface area contributed by atoms with Crippen molar-refractivity contribution in [1.29, 1.82) is 0 Å². The summed E-state index contributed by atoms with van der Waals surface area (Å²) in [5.41, 5.74) is 9.74. The first kappa shape index (κ1) is 26.0. The molecule has 0 spiro atoms. The van der Waals surface area contributed by atoms with Crippen molar-refractivity contribution in [3.8, 4) is 11.3 Å². The van der Waals surface area contributed by atoms with E-state index in [4.69, 9.17) is 5.73 Å². The van der Waals surface area contributed by atoms with Gasteiger partial charge in [-0.05, 0) is 50.9 Å². The van der Waals surface area contributed by atoms with E-state index in [1.807, 2.05) is 31.3 Å². The number of carbonyl (C=O) groups is 2. The van der Waals surface area contributed by atoms with Gasteiger partial charge in [-0.1, -0.05) is 24.3 Å². The van der Waals surface area contributed by atoms with Crippen molar-refractivity contribution in [3.63, 3.8) is 0 Å². The number of hydrogen-bond acceptors (Lipinski definition) is 7. The molecule has 9 nitrogen and oxygen atoms in total. The summed E-state index contributed by atoms with van der Waals surface area (Å²) in [4.78, 5) is 49.3. The van der Waals surface area contributed by atoms with Crippen molar-refractivity contribution in [2.45, 2.75) is 39.3 Å². The standard InChI is InChI=1S/C28H32N6O3.H2/c1-18-27(25(35)14-23(29)21-8-6-20(7-9-21)15-30-3)32-24(16-31-18)22-10-11-26(36)34(17-22)19(2)28(37)33-12-4-5-13-33;/h6-11,14,16-17,19,30H,4-5,12-13,15,29H2,1-3H3;1H. The average Bonchev–Trinajstić information content (AvgIpc) is 3.44. The van der Waals surface area contributed by atoms with Gasteiger partial charge in [-0.3, -0.25) is 19.4 Å². The van der Waals surface area contributed by atoms with Gasteiger partial charge in [-0.25, -0.2) is 4.98 Å². The van der Waals surface area contributed by atoms with Gasteiger partial charge < -0.3 is 20.5 Å². The van der Waals surface area contributed by atoms with E-state index in [2.05, 4.69) is 15.3 Å². The van der Waals surface area contributed by atoms with Crippen molar-refractivity contribution < 1.29 is 11.0 Å². The van der Waals surface area contributed by atoms with E-state index in [9.17, 15) is 14.4 Å². The van der Waals surface area contributed by atoms with Crippen LogP contribution in [-0.2, 0) is 11.3 Å². The van der Waals surface area contributed by atoms with Crippen LogP contribution in [0.15, 0.2) is 59.7 Å². The number of pyridine rings is 1. The number of hydrogen-bond donors (Lipinski definition) is 2. The Balaban J connectivity index is 0.00000400. The molecule has 194 valence electrons. The number of allylic oxidation sites excluding steroid dienone is 1. The van der Waals surface area contributed by atoms with Crippen LogP contribution >= 0.6 is 0 Å². The number of benzene rings is 1. The zero-order valence-electron chi connectivity index (χ0n) is 21.4. The minimum absolute atomic E-state index is 0. The maximum Gasteiger partial charge on any atom is 0.251 e. The first-order chi connectivity index (χ1) is 17.8. The average molecular weight is 503 g/mol. The molecule has 1 atom stereocenters. The molecule has 3 heterocycles. The minimum atomic E-state index is -0.646. The maximum atomic E-state index is 13.1. The molecule has 1 aromatic carbocycles. The van der Waals surface area contributed by atoms with Gasteiger partial charge in [-0.15, -0.1) is 0 Å². The zero-order chi connectivity index (χ0) is 26.5. The number of aromatic nitrogens is 3. The predicted octanol–water partition coefficient (Wildman–Crippen LogP) is 2.95. The molecule has 2 aromatic heterocycles. The van der Waals surface area contributed by atoms with Crippen LogP contribution < -0.4 is 16.6 Å². The molecular weight excluding hydrogens is 468 g/mol. The Morgan fingerprint density at radius 2 is 1.86 bits per heavy atom. The van der Waals surface area contributed by atoms with E-state index in [-0.39, 0.29) is 24.4 Å². The van der Waals surface area contributed by atoms with Crippen molar-refractivity contribution in [2.24, 2.45) is 5.73 Å². The van der Waals surface area contributed by atoms with Gasteiger partial charge in [0.2, 0.25) is 11.7 Å². The Morgan fingerprint density at radius 3 is 2.54 bits per heavy atom. The Morgan fingerprint density at radius 1 is 1.16 bits per heavy atom. The van der Waals surface area contributed by atoms with Crippen LogP contribution in [0.25, 0.3) is 17.0 Å². The number of amides is 1. The summed E-state index contributed by atoms with van der Waals surface area (Å²) < 4.78 is 1.41. The van der Waals surface area contributed by atoms with E-state index in [1.165, 1.54) is 16.7 Å². The molecular formula is C28H34N6O3. The number of nitrogens with one attached hydrogen (secondary N) is 1. The Bertz CT molecular complexity index is 1390. The molecule has 1 aliphatic heterocycles. The topological polar surface area (TPSA) is 123 Å². The molecule has 9 heteroatoms. The lowest BCUT2D eigenvalue weighted by Gasteiger charge is -2.22. The lowest BCUT2D eigenvalue weighted by molar-refractivity contribution is -0.133. The summed E-state index contributed by atoms with van der Waals surface area (Å²) in [5, 5.41) is 3.09. The molecule has 3 N–H and O–H groups in total. The molecule has 0 radical (unpaired) electrons. The van der Waals surface area contributed by atoms with Crippen LogP contribution in [0.5, 0.6) is 0 Å². The van der Waals surface area contributed by atoms with E-state index >= 15 is 0 Å². The summed E-state index contributed by atoms with van der Waals surface area (Å²) in [6.07, 6.45) is 6.46. The van der Waals surface area contributed by atoms with Gasteiger partial charge in [0.1, 0.15) is 11.7 Å². The molecule has 1 fully saturated rings. The van der Waals surface area contributed by atoms with E-state index < -0.39 is 6.04 Å². The molecule has 1 unspecified atom stereocenters. The lowest BCUT2D eigenvalue weighted by Crippen LogP contribution is -2.37. The maximum absolute atomic E-state index is 13.1. The third-order valence-corrected chi connectivity index (χ3v) is 6.57.